The number of hydrogen-bond donors (Lipinski definition) is 1. The number of nitrogens with one attached hydrogen (secondary N) is 1. The molecule has 4 aromatic rings. The fourth-order valence-corrected chi connectivity index (χ4v) is 5.23. The number of fused-ring (bicyclic) bond motifs is 3. The highest BCUT2D eigenvalue weighted by Crippen LogP contribution is 2.36. The number of furan rings is 1. The number of hydrogen-bond acceptors (Lipinski definition) is 7. The number of carbonyl (C=O) groups is 1. The predicted molar refractivity (Wildman–Crippen MR) is 123 cm³/mol. The van der Waals surface area contributed by atoms with Gasteiger partial charge in [-0.3, -0.25) is 4.79 Å². The van der Waals surface area contributed by atoms with Crippen LogP contribution in [0.4, 0.5) is 0 Å². The fourth-order valence-electron chi connectivity index (χ4n) is 3.99. The van der Waals surface area contributed by atoms with E-state index >= 15 is 0 Å². The largest absolute Gasteiger partial charge is 0.497 e. The molecule has 1 atom stereocenters. The number of para-hydroxylation sites is 1. The second kappa shape index (κ2) is 7.93. The summed E-state index contributed by atoms with van der Waals surface area (Å²) < 4.78 is 40.2. The average Bonchev–Trinajstić information content (AvgIpc) is 3.34. The van der Waals surface area contributed by atoms with Crippen molar-refractivity contribution in [2.24, 2.45) is 0 Å². The van der Waals surface area contributed by atoms with Crippen molar-refractivity contribution in [2.75, 3.05) is 12.9 Å². The number of amides is 1. The van der Waals surface area contributed by atoms with Crippen LogP contribution in [-0.2, 0) is 21.1 Å². The summed E-state index contributed by atoms with van der Waals surface area (Å²) in [6.07, 6.45) is 1.24. The summed E-state index contributed by atoms with van der Waals surface area (Å²) in [5.74, 6) is 0.379. The van der Waals surface area contributed by atoms with Gasteiger partial charge in [0.05, 0.1) is 30.7 Å². The lowest BCUT2D eigenvalue weighted by Gasteiger charge is -2.10. The number of sulfone groups is 1. The maximum Gasteiger partial charge on any atom is 0.347 e. The molecule has 2 aromatic carbocycles. The molecule has 0 radical (unpaired) electrons. The van der Waals surface area contributed by atoms with Crippen molar-refractivity contribution < 1.29 is 26.8 Å². The van der Waals surface area contributed by atoms with E-state index in [1.807, 2.05) is 0 Å². The van der Waals surface area contributed by atoms with Crippen LogP contribution in [0.15, 0.2) is 73.6 Å². The molecule has 1 unspecified atom stereocenters. The zero-order valence-electron chi connectivity index (χ0n) is 17.5. The standard InChI is InChI=1S/C24H19NO7S/c1-30-16-8-6-14(7-9-16)22-18(12-20(26)25-15-10-11-33(28,29)13-15)21-23(32-22)17-4-2-3-5-19(17)31-24(21)27/h2-11,15H,12-13H2,1H3,(H,25,26). The lowest BCUT2D eigenvalue weighted by Crippen LogP contribution is -2.36. The minimum atomic E-state index is -3.32. The van der Waals surface area contributed by atoms with E-state index in [4.69, 9.17) is 13.6 Å². The van der Waals surface area contributed by atoms with E-state index in [2.05, 4.69) is 5.32 Å². The zero-order chi connectivity index (χ0) is 23.2. The van der Waals surface area contributed by atoms with E-state index in [1.165, 1.54) is 6.08 Å². The van der Waals surface area contributed by atoms with Gasteiger partial charge in [0.2, 0.25) is 5.91 Å². The number of benzene rings is 2. The molecule has 3 heterocycles. The number of carbonyl (C=O) groups excluding carboxylic acids is 1. The first-order chi connectivity index (χ1) is 15.8. The monoisotopic (exact) mass is 465 g/mol. The Bertz CT molecular complexity index is 1580. The fraction of sp³-hybridized carbons (Fsp3) is 0.167. The van der Waals surface area contributed by atoms with Crippen LogP contribution >= 0.6 is 0 Å². The van der Waals surface area contributed by atoms with Crippen molar-refractivity contribution >= 4 is 37.7 Å². The van der Waals surface area contributed by atoms with Gasteiger partial charge in [-0.05, 0) is 42.5 Å². The maximum absolute atomic E-state index is 12.9. The third kappa shape index (κ3) is 3.91. The summed E-state index contributed by atoms with van der Waals surface area (Å²) >= 11 is 0. The maximum atomic E-state index is 12.9. The second-order valence-electron chi connectivity index (χ2n) is 7.74. The Balaban J connectivity index is 1.63. The summed E-state index contributed by atoms with van der Waals surface area (Å²) in [6, 6.07) is 13.4. The number of ether oxygens (including phenoxy) is 1. The molecule has 2 aromatic heterocycles. The first-order valence-electron chi connectivity index (χ1n) is 10.2. The van der Waals surface area contributed by atoms with Crippen LogP contribution in [0.5, 0.6) is 5.75 Å². The highest BCUT2D eigenvalue weighted by molar-refractivity contribution is 7.94. The third-order valence-electron chi connectivity index (χ3n) is 5.51. The van der Waals surface area contributed by atoms with Gasteiger partial charge in [0.25, 0.3) is 0 Å². The molecule has 5 rings (SSSR count). The Morgan fingerprint density at radius 2 is 1.88 bits per heavy atom. The highest BCUT2D eigenvalue weighted by Gasteiger charge is 2.27. The van der Waals surface area contributed by atoms with Crippen molar-refractivity contribution in [3.8, 4) is 17.1 Å². The van der Waals surface area contributed by atoms with E-state index in [9.17, 15) is 18.0 Å². The van der Waals surface area contributed by atoms with Gasteiger partial charge in [-0.1, -0.05) is 12.1 Å². The molecule has 1 N–H and O–H groups in total. The minimum Gasteiger partial charge on any atom is -0.497 e. The molecule has 0 bridgehead atoms. The smallest absolute Gasteiger partial charge is 0.347 e. The van der Waals surface area contributed by atoms with E-state index in [0.29, 0.717) is 39.2 Å². The summed E-state index contributed by atoms with van der Waals surface area (Å²) in [4.78, 5) is 25.7. The third-order valence-corrected chi connectivity index (χ3v) is 6.91. The first kappa shape index (κ1) is 21.0. The van der Waals surface area contributed by atoms with Gasteiger partial charge in [0, 0.05) is 16.5 Å². The van der Waals surface area contributed by atoms with Gasteiger partial charge in [-0.25, -0.2) is 13.2 Å². The molecule has 0 aliphatic carbocycles. The number of rotatable bonds is 5. The SMILES string of the molecule is COc1ccc(-c2oc3c(c2CC(=O)NC2C=CS(=O)(=O)C2)c(=O)oc2ccccc23)cc1. The van der Waals surface area contributed by atoms with E-state index in [1.54, 1.807) is 55.6 Å². The molecular weight excluding hydrogens is 446 g/mol. The van der Waals surface area contributed by atoms with Crippen molar-refractivity contribution in [2.45, 2.75) is 12.5 Å². The molecule has 0 saturated carbocycles. The van der Waals surface area contributed by atoms with E-state index in [-0.39, 0.29) is 17.6 Å². The molecule has 9 heteroatoms. The van der Waals surface area contributed by atoms with Gasteiger partial charge in [0.15, 0.2) is 15.4 Å². The quantitative estimate of drug-likeness (QED) is 0.450. The van der Waals surface area contributed by atoms with Crippen LogP contribution in [0.3, 0.4) is 0 Å². The lowest BCUT2D eigenvalue weighted by molar-refractivity contribution is -0.120. The minimum absolute atomic E-state index is 0.184. The Morgan fingerprint density at radius 3 is 2.58 bits per heavy atom. The predicted octanol–water partition coefficient (Wildman–Crippen LogP) is 3.18. The Morgan fingerprint density at radius 1 is 1.12 bits per heavy atom. The zero-order valence-corrected chi connectivity index (χ0v) is 18.3. The van der Waals surface area contributed by atoms with Crippen LogP contribution < -0.4 is 15.7 Å². The highest BCUT2D eigenvalue weighted by atomic mass is 32.2. The van der Waals surface area contributed by atoms with Gasteiger partial charge >= 0.3 is 5.63 Å². The molecule has 0 saturated heterocycles. The molecule has 0 spiro atoms. The van der Waals surface area contributed by atoms with Crippen LogP contribution in [0.2, 0.25) is 0 Å². The van der Waals surface area contributed by atoms with Crippen molar-refractivity contribution in [3.05, 3.63) is 76.0 Å². The van der Waals surface area contributed by atoms with Gasteiger partial charge < -0.3 is 18.9 Å². The molecular formula is C24H19NO7S. The molecule has 1 aliphatic heterocycles. The summed E-state index contributed by atoms with van der Waals surface area (Å²) in [6.45, 7) is 0. The van der Waals surface area contributed by atoms with Crippen LogP contribution in [0.1, 0.15) is 5.56 Å². The Kier molecular flexibility index (Phi) is 5.05. The van der Waals surface area contributed by atoms with Crippen molar-refractivity contribution in [1.29, 1.82) is 0 Å². The summed E-state index contributed by atoms with van der Waals surface area (Å²) in [5, 5.41) is 4.58. The van der Waals surface area contributed by atoms with Crippen LogP contribution in [-0.4, -0.2) is 33.2 Å². The topological polar surface area (TPSA) is 116 Å². The van der Waals surface area contributed by atoms with Crippen LogP contribution in [0.25, 0.3) is 33.3 Å². The molecule has 0 fully saturated rings. The Labute approximate surface area is 188 Å². The summed E-state index contributed by atoms with van der Waals surface area (Å²) in [7, 11) is -1.76. The average molecular weight is 465 g/mol. The van der Waals surface area contributed by atoms with E-state index in [0.717, 1.165) is 5.41 Å². The van der Waals surface area contributed by atoms with Crippen molar-refractivity contribution in [1.82, 2.24) is 5.32 Å². The lowest BCUT2D eigenvalue weighted by atomic mass is 10.0. The molecule has 168 valence electrons. The molecule has 1 aliphatic rings. The normalized spacial score (nSPS) is 16.9. The second-order valence-corrected chi connectivity index (χ2v) is 9.67. The van der Waals surface area contributed by atoms with E-state index < -0.39 is 27.4 Å². The van der Waals surface area contributed by atoms with Crippen molar-refractivity contribution in [3.63, 3.8) is 0 Å². The summed E-state index contributed by atoms with van der Waals surface area (Å²) in [5.41, 5.74) is 1.12. The van der Waals surface area contributed by atoms with Gasteiger partial charge in [-0.2, -0.15) is 0 Å². The molecule has 1 amide bonds. The first-order valence-corrected chi connectivity index (χ1v) is 11.9. The van der Waals surface area contributed by atoms with Gasteiger partial charge in [-0.15, -0.1) is 0 Å². The van der Waals surface area contributed by atoms with Crippen LogP contribution in [0, 0.1) is 0 Å². The molecule has 33 heavy (non-hydrogen) atoms. The Hall–Kier alpha value is -3.85. The number of methoxy groups -OCH3 is 1. The molecule has 8 nitrogen and oxygen atoms in total. The van der Waals surface area contributed by atoms with Gasteiger partial charge in [0.1, 0.15) is 22.5 Å².